The highest BCUT2D eigenvalue weighted by Crippen LogP contribution is 2.19. The number of aryl methyl sites for hydroxylation is 1. The van der Waals surface area contributed by atoms with Crippen LogP contribution in [0.15, 0.2) is 22.7 Å². The molecule has 2 amide bonds. The van der Waals surface area contributed by atoms with Crippen molar-refractivity contribution in [2.24, 2.45) is 5.73 Å². The molecule has 4 N–H and O–H groups in total. The van der Waals surface area contributed by atoms with Crippen LogP contribution in [0.4, 0.5) is 5.69 Å². The van der Waals surface area contributed by atoms with E-state index in [1.807, 2.05) is 19.1 Å². The van der Waals surface area contributed by atoms with Gasteiger partial charge in [-0.1, -0.05) is 15.9 Å². The number of halogens is 2. The number of nitrogens with two attached hydrogens (primary N) is 1. The third-order valence-corrected chi connectivity index (χ3v) is 2.77. The summed E-state index contributed by atoms with van der Waals surface area (Å²) in [4.78, 5) is 22.7. The van der Waals surface area contributed by atoms with Crippen LogP contribution in [-0.2, 0) is 9.59 Å². The molecule has 1 aromatic rings. The quantitative estimate of drug-likeness (QED) is 0.754. The molecule has 0 aromatic heterocycles. The first-order chi connectivity index (χ1) is 8.52. The average Bonchev–Trinajstić information content (AvgIpc) is 2.31. The van der Waals surface area contributed by atoms with Gasteiger partial charge < -0.3 is 16.4 Å². The molecule has 106 valence electrons. The Labute approximate surface area is 126 Å². The molecule has 19 heavy (non-hydrogen) atoms. The lowest BCUT2D eigenvalue weighted by atomic mass is 10.2. The van der Waals surface area contributed by atoms with Crippen LogP contribution in [0.3, 0.4) is 0 Å². The van der Waals surface area contributed by atoms with E-state index in [1.165, 1.54) is 0 Å². The maximum atomic E-state index is 11.6. The maximum absolute atomic E-state index is 11.6. The van der Waals surface area contributed by atoms with E-state index in [0.717, 1.165) is 15.7 Å². The van der Waals surface area contributed by atoms with Gasteiger partial charge in [-0.15, -0.1) is 12.4 Å². The van der Waals surface area contributed by atoms with Crippen LogP contribution in [0.2, 0.25) is 0 Å². The minimum atomic E-state index is -0.259. The fourth-order valence-corrected chi connectivity index (χ4v) is 1.84. The lowest BCUT2D eigenvalue weighted by Crippen LogP contribution is -2.33. The second kappa shape index (κ2) is 8.90. The summed E-state index contributed by atoms with van der Waals surface area (Å²) in [5.41, 5.74) is 6.91. The molecule has 0 spiro atoms. The van der Waals surface area contributed by atoms with Gasteiger partial charge in [0.05, 0.1) is 6.54 Å². The van der Waals surface area contributed by atoms with Gasteiger partial charge >= 0.3 is 0 Å². The van der Waals surface area contributed by atoms with Crippen molar-refractivity contribution in [3.8, 4) is 0 Å². The Kier molecular flexibility index (Phi) is 8.38. The standard InChI is InChI=1S/C12H16BrN3O2.ClH/c1-8-6-9(13)2-3-10(8)16-12(18)7-15-11(17)4-5-14;/h2-3,6H,4-5,7,14H2,1H3,(H,15,17)(H,16,18);1H. The fraction of sp³-hybridized carbons (Fsp3) is 0.333. The zero-order valence-electron chi connectivity index (χ0n) is 10.5. The van der Waals surface area contributed by atoms with Crippen molar-refractivity contribution in [1.29, 1.82) is 0 Å². The molecule has 7 heteroatoms. The van der Waals surface area contributed by atoms with Gasteiger partial charge in [-0.3, -0.25) is 9.59 Å². The highest BCUT2D eigenvalue weighted by molar-refractivity contribution is 9.10. The Morgan fingerprint density at radius 3 is 2.58 bits per heavy atom. The van der Waals surface area contributed by atoms with Gasteiger partial charge in [0.2, 0.25) is 11.8 Å². The monoisotopic (exact) mass is 349 g/mol. The molecule has 5 nitrogen and oxygen atoms in total. The largest absolute Gasteiger partial charge is 0.347 e. The number of carbonyl (C=O) groups is 2. The van der Waals surface area contributed by atoms with Crippen molar-refractivity contribution < 1.29 is 9.59 Å². The van der Waals surface area contributed by atoms with Crippen molar-refractivity contribution in [3.05, 3.63) is 28.2 Å². The third-order valence-electron chi connectivity index (χ3n) is 2.28. The number of hydrogen-bond acceptors (Lipinski definition) is 3. The van der Waals surface area contributed by atoms with Crippen molar-refractivity contribution >= 4 is 45.8 Å². The number of anilines is 1. The van der Waals surface area contributed by atoms with Gasteiger partial charge in [-0.05, 0) is 30.7 Å². The predicted molar refractivity (Wildman–Crippen MR) is 81.4 cm³/mol. The van der Waals surface area contributed by atoms with Crippen LogP contribution in [0.25, 0.3) is 0 Å². The van der Waals surface area contributed by atoms with Crippen LogP contribution in [0.1, 0.15) is 12.0 Å². The predicted octanol–water partition coefficient (Wildman–Crippen LogP) is 1.58. The number of hydrogen-bond donors (Lipinski definition) is 3. The van der Waals surface area contributed by atoms with E-state index in [1.54, 1.807) is 6.07 Å². The molecule has 0 aliphatic heterocycles. The van der Waals surface area contributed by atoms with Gasteiger partial charge in [-0.25, -0.2) is 0 Å². The lowest BCUT2D eigenvalue weighted by Gasteiger charge is -2.09. The highest BCUT2D eigenvalue weighted by atomic mass is 79.9. The van der Waals surface area contributed by atoms with Crippen molar-refractivity contribution in [2.45, 2.75) is 13.3 Å². The number of benzene rings is 1. The Bertz CT molecular complexity index is 455. The topological polar surface area (TPSA) is 84.2 Å². The zero-order valence-corrected chi connectivity index (χ0v) is 12.9. The van der Waals surface area contributed by atoms with Gasteiger partial charge in [0, 0.05) is 23.1 Å². The summed E-state index contributed by atoms with van der Waals surface area (Å²) in [5, 5.41) is 5.22. The van der Waals surface area contributed by atoms with Crippen LogP contribution in [0.5, 0.6) is 0 Å². The summed E-state index contributed by atoms with van der Waals surface area (Å²) in [5.74, 6) is -0.481. The first-order valence-electron chi connectivity index (χ1n) is 5.55. The van der Waals surface area contributed by atoms with Crippen LogP contribution in [0, 0.1) is 6.92 Å². The van der Waals surface area contributed by atoms with Crippen molar-refractivity contribution in [1.82, 2.24) is 5.32 Å². The number of carbonyl (C=O) groups excluding carboxylic acids is 2. The molecular formula is C12H17BrClN3O2. The zero-order chi connectivity index (χ0) is 13.5. The van der Waals surface area contributed by atoms with Crippen LogP contribution < -0.4 is 16.4 Å². The summed E-state index contributed by atoms with van der Waals surface area (Å²) in [6.45, 7) is 2.13. The lowest BCUT2D eigenvalue weighted by molar-refractivity contribution is -0.124. The minimum Gasteiger partial charge on any atom is -0.347 e. The van der Waals surface area contributed by atoms with Gasteiger partial charge in [-0.2, -0.15) is 0 Å². The van der Waals surface area contributed by atoms with Gasteiger partial charge in [0.25, 0.3) is 0 Å². The molecule has 0 radical (unpaired) electrons. The van der Waals surface area contributed by atoms with E-state index in [9.17, 15) is 9.59 Å². The Hall–Kier alpha value is -1.11. The van der Waals surface area contributed by atoms with E-state index in [2.05, 4.69) is 26.6 Å². The molecule has 0 saturated heterocycles. The number of rotatable bonds is 5. The second-order valence-corrected chi connectivity index (χ2v) is 4.74. The molecule has 0 aliphatic rings. The SMILES string of the molecule is Cc1cc(Br)ccc1NC(=O)CNC(=O)CCN.Cl. The van der Waals surface area contributed by atoms with E-state index in [4.69, 9.17) is 5.73 Å². The minimum absolute atomic E-state index is 0. The molecule has 0 fully saturated rings. The summed E-state index contributed by atoms with van der Waals surface area (Å²) >= 11 is 3.35. The van der Waals surface area contributed by atoms with E-state index in [-0.39, 0.29) is 43.7 Å². The van der Waals surface area contributed by atoms with E-state index in [0.29, 0.717) is 0 Å². The van der Waals surface area contributed by atoms with E-state index >= 15 is 0 Å². The van der Waals surface area contributed by atoms with Crippen molar-refractivity contribution in [3.63, 3.8) is 0 Å². The molecule has 0 heterocycles. The van der Waals surface area contributed by atoms with Crippen LogP contribution in [-0.4, -0.2) is 24.9 Å². The first-order valence-corrected chi connectivity index (χ1v) is 6.35. The smallest absolute Gasteiger partial charge is 0.243 e. The Balaban J connectivity index is 0.00000324. The van der Waals surface area contributed by atoms with E-state index < -0.39 is 0 Å². The molecule has 0 atom stereocenters. The molecule has 1 rings (SSSR count). The number of amides is 2. The Morgan fingerprint density at radius 1 is 1.32 bits per heavy atom. The summed E-state index contributed by atoms with van der Waals surface area (Å²) in [7, 11) is 0. The van der Waals surface area contributed by atoms with Gasteiger partial charge in [0.15, 0.2) is 0 Å². The Morgan fingerprint density at radius 2 is 2.00 bits per heavy atom. The second-order valence-electron chi connectivity index (χ2n) is 3.82. The molecule has 0 aliphatic carbocycles. The fourth-order valence-electron chi connectivity index (χ4n) is 1.36. The molecular weight excluding hydrogens is 334 g/mol. The van der Waals surface area contributed by atoms with Crippen molar-refractivity contribution in [2.75, 3.05) is 18.4 Å². The summed E-state index contributed by atoms with van der Waals surface area (Å²) < 4.78 is 0.953. The summed E-state index contributed by atoms with van der Waals surface area (Å²) in [6.07, 6.45) is 0.227. The molecule has 0 saturated carbocycles. The highest BCUT2D eigenvalue weighted by Gasteiger charge is 2.06. The normalized spacial score (nSPS) is 9.42. The maximum Gasteiger partial charge on any atom is 0.243 e. The molecule has 0 unspecified atom stereocenters. The molecule has 0 bridgehead atoms. The van der Waals surface area contributed by atoms with Crippen LogP contribution >= 0.6 is 28.3 Å². The van der Waals surface area contributed by atoms with Gasteiger partial charge in [0.1, 0.15) is 0 Å². The first kappa shape index (κ1) is 17.9. The summed E-state index contributed by atoms with van der Waals surface area (Å²) in [6, 6.07) is 5.55. The molecule has 1 aromatic carbocycles. The average molecular weight is 351 g/mol. The number of nitrogens with one attached hydrogen (secondary N) is 2. The third kappa shape index (κ3) is 6.56.